The zero-order chi connectivity index (χ0) is 19.6. The molecule has 0 saturated carbocycles. The molecule has 0 radical (unpaired) electrons. The summed E-state index contributed by atoms with van der Waals surface area (Å²) in [5, 5.41) is 12.4. The van der Waals surface area contributed by atoms with E-state index in [2.05, 4.69) is 15.5 Å². The molecule has 0 bridgehead atoms. The van der Waals surface area contributed by atoms with Crippen LogP contribution < -0.4 is 5.32 Å². The highest BCUT2D eigenvalue weighted by molar-refractivity contribution is 7.99. The molecule has 1 amide bonds. The van der Waals surface area contributed by atoms with Crippen LogP contribution in [0.1, 0.15) is 12.2 Å². The molecule has 1 N–H and O–H groups in total. The van der Waals surface area contributed by atoms with Crippen LogP contribution in [0, 0.1) is 5.92 Å². The van der Waals surface area contributed by atoms with Gasteiger partial charge in [0.25, 0.3) is 0 Å². The smallest absolute Gasteiger partial charge is 0.234 e. The minimum atomic E-state index is -2.92. The van der Waals surface area contributed by atoms with Crippen molar-refractivity contribution in [2.24, 2.45) is 13.0 Å². The molecule has 1 aliphatic heterocycles. The predicted molar refractivity (Wildman–Crippen MR) is 107 cm³/mol. The molecule has 1 aliphatic rings. The molecule has 1 saturated heterocycles. The van der Waals surface area contributed by atoms with Crippen molar-refractivity contribution in [1.29, 1.82) is 0 Å². The van der Waals surface area contributed by atoms with E-state index in [-0.39, 0.29) is 29.1 Å². The van der Waals surface area contributed by atoms with E-state index in [1.807, 2.05) is 7.05 Å². The quantitative estimate of drug-likeness (QED) is 0.682. The van der Waals surface area contributed by atoms with E-state index in [1.165, 1.54) is 11.8 Å². The second-order valence-corrected chi connectivity index (χ2v) is 10.4. The van der Waals surface area contributed by atoms with Crippen LogP contribution in [0.15, 0.2) is 23.4 Å². The Kier molecular flexibility index (Phi) is 6.35. The second-order valence-electron chi connectivity index (χ2n) is 6.39. The Labute approximate surface area is 171 Å². The van der Waals surface area contributed by atoms with Gasteiger partial charge in [-0.3, -0.25) is 4.79 Å². The number of carbonyl (C=O) groups is 1. The van der Waals surface area contributed by atoms with Gasteiger partial charge in [0.15, 0.2) is 15.0 Å². The lowest BCUT2D eigenvalue weighted by Gasteiger charge is -2.08. The molecule has 1 unspecified atom stereocenters. The molecule has 27 heavy (non-hydrogen) atoms. The summed E-state index contributed by atoms with van der Waals surface area (Å²) < 4.78 is 25.0. The van der Waals surface area contributed by atoms with Gasteiger partial charge in [0.2, 0.25) is 5.91 Å². The van der Waals surface area contributed by atoms with Crippen molar-refractivity contribution >= 4 is 56.4 Å². The number of hydrogen-bond acceptors (Lipinski definition) is 6. The lowest BCUT2D eigenvalue weighted by atomic mass is 10.1. The average molecular weight is 449 g/mol. The number of carbonyl (C=O) groups excluding carboxylic acids is 1. The molecule has 11 heteroatoms. The first-order valence-electron chi connectivity index (χ1n) is 8.20. The van der Waals surface area contributed by atoms with Crippen LogP contribution in [-0.2, 0) is 28.1 Å². The third-order valence-electron chi connectivity index (χ3n) is 4.26. The monoisotopic (exact) mass is 448 g/mol. The van der Waals surface area contributed by atoms with Gasteiger partial charge >= 0.3 is 0 Å². The number of amides is 1. The molecule has 2 aromatic rings. The highest BCUT2D eigenvalue weighted by atomic mass is 35.5. The van der Waals surface area contributed by atoms with Crippen LogP contribution in [0.3, 0.4) is 0 Å². The molecule has 0 aliphatic carbocycles. The number of nitrogens with zero attached hydrogens (tertiary/aromatic N) is 3. The summed E-state index contributed by atoms with van der Waals surface area (Å²) in [6.45, 7) is 0. The summed E-state index contributed by atoms with van der Waals surface area (Å²) in [5.41, 5.74) is 0.455. The number of anilines is 1. The Morgan fingerprint density at radius 3 is 2.85 bits per heavy atom. The summed E-state index contributed by atoms with van der Waals surface area (Å²) in [5.74, 6) is 1.12. The number of aromatic nitrogens is 3. The minimum Gasteiger partial charge on any atom is -0.324 e. The zero-order valence-electron chi connectivity index (χ0n) is 14.5. The van der Waals surface area contributed by atoms with E-state index < -0.39 is 9.84 Å². The van der Waals surface area contributed by atoms with E-state index >= 15 is 0 Å². The highest BCUT2D eigenvalue weighted by Gasteiger charge is 2.29. The van der Waals surface area contributed by atoms with Crippen LogP contribution in [-0.4, -0.2) is 46.3 Å². The van der Waals surface area contributed by atoms with Gasteiger partial charge in [-0.05, 0) is 30.5 Å². The van der Waals surface area contributed by atoms with Gasteiger partial charge in [0.05, 0.1) is 28.0 Å². The first-order valence-corrected chi connectivity index (χ1v) is 11.8. The van der Waals surface area contributed by atoms with Crippen LogP contribution in [0.4, 0.5) is 5.69 Å². The lowest BCUT2D eigenvalue weighted by Crippen LogP contribution is -2.15. The van der Waals surface area contributed by atoms with Gasteiger partial charge in [-0.15, -0.1) is 10.2 Å². The van der Waals surface area contributed by atoms with Crippen LogP contribution in [0.5, 0.6) is 0 Å². The Hall–Kier alpha value is -1.29. The molecular formula is C16H18Cl2N4O3S2. The topological polar surface area (TPSA) is 93.9 Å². The van der Waals surface area contributed by atoms with Gasteiger partial charge in [0, 0.05) is 18.5 Å². The molecule has 1 atom stereocenters. The van der Waals surface area contributed by atoms with Crippen LogP contribution >= 0.6 is 35.0 Å². The van der Waals surface area contributed by atoms with Crippen molar-refractivity contribution < 1.29 is 13.2 Å². The zero-order valence-corrected chi connectivity index (χ0v) is 17.6. The van der Waals surface area contributed by atoms with Gasteiger partial charge in [0.1, 0.15) is 5.82 Å². The molecule has 3 rings (SSSR count). The summed E-state index contributed by atoms with van der Waals surface area (Å²) in [6.07, 6.45) is 1.22. The summed E-state index contributed by atoms with van der Waals surface area (Å²) in [4.78, 5) is 12.2. The first-order chi connectivity index (χ1) is 12.7. The average Bonchev–Trinajstić information content (AvgIpc) is 3.12. The van der Waals surface area contributed by atoms with E-state index in [0.29, 0.717) is 33.7 Å². The molecule has 2 heterocycles. The second kappa shape index (κ2) is 8.38. The van der Waals surface area contributed by atoms with Gasteiger partial charge in [-0.25, -0.2) is 8.42 Å². The molecule has 1 fully saturated rings. The number of benzene rings is 1. The van der Waals surface area contributed by atoms with Crippen molar-refractivity contribution in [3.8, 4) is 0 Å². The minimum absolute atomic E-state index is 0.0732. The summed E-state index contributed by atoms with van der Waals surface area (Å²) in [6, 6.07) is 4.85. The molecular weight excluding hydrogens is 431 g/mol. The fourth-order valence-corrected chi connectivity index (χ4v) is 5.78. The number of halogens is 2. The normalized spacial score (nSPS) is 18.6. The summed E-state index contributed by atoms with van der Waals surface area (Å²) in [7, 11) is -1.10. The molecule has 7 nitrogen and oxygen atoms in total. The number of thioether (sulfide) groups is 1. The van der Waals surface area contributed by atoms with E-state index in [9.17, 15) is 13.2 Å². The van der Waals surface area contributed by atoms with E-state index in [0.717, 1.165) is 5.82 Å². The van der Waals surface area contributed by atoms with Gasteiger partial charge in [-0.2, -0.15) is 0 Å². The van der Waals surface area contributed by atoms with Crippen molar-refractivity contribution in [1.82, 2.24) is 14.8 Å². The molecule has 1 aromatic carbocycles. The van der Waals surface area contributed by atoms with Crippen molar-refractivity contribution in [3.63, 3.8) is 0 Å². The third-order valence-corrected chi connectivity index (χ3v) is 7.68. The Morgan fingerprint density at radius 1 is 1.37 bits per heavy atom. The largest absolute Gasteiger partial charge is 0.324 e. The fraction of sp³-hybridized carbons (Fsp3) is 0.438. The highest BCUT2D eigenvalue weighted by Crippen LogP contribution is 2.26. The molecule has 1 aromatic heterocycles. The van der Waals surface area contributed by atoms with E-state index in [1.54, 1.807) is 22.8 Å². The van der Waals surface area contributed by atoms with Crippen molar-refractivity contribution in [2.45, 2.75) is 18.0 Å². The van der Waals surface area contributed by atoms with Crippen LogP contribution in [0.25, 0.3) is 0 Å². The summed E-state index contributed by atoms with van der Waals surface area (Å²) >= 11 is 13.2. The predicted octanol–water partition coefficient (Wildman–Crippen LogP) is 2.83. The maximum absolute atomic E-state index is 12.2. The van der Waals surface area contributed by atoms with E-state index in [4.69, 9.17) is 23.2 Å². The number of nitrogens with one attached hydrogen (secondary N) is 1. The van der Waals surface area contributed by atoms with Crippen molar-refractivity contribution in [2.75, 3.05) is 22.6 Å². The SMILES string of the molecule is Cn1c(CC2CCS(=O)(=O)C2)nnc1SCC(=O)Nc1cc(Cl)ccc1Cl. The van der Waals surface area contributed by atoms with Gasteiger partial charge < -0.3 is 9.88 Å². The fourth-order valence-electron chi connectivity index (χ4n) is 2.85. The standard InChI is InChI=1S/C16H18Cl2N4O3S2/c1-22-14(6-10-4-5-27(24,25)9-10)20-21-16(22)26-8-15(23)19-13-7-11(17)2-3-12(13)18/h2-3,7,10H,4-6,8-9H2,1H3,(H,19,23). The number of hydrogen-bond donors (Lipinski definition) is 1. The molecule has 0 spiro atoms. The molecule has 146 valence electrons. The van der Waals surface area contributed by atoms with Crippen LogP contribution in [0.2, 0.25) is 10.0 Å². The number of sulfone groups is 1. The number of rotatable bonds is 6. The first kappa shape index (κ1) is 20.4. The maximum Gasteiger partial charge on any atom is 0.234 e. The maximum atomic E-state index is 12.2. The Bertz CT molecular complexity index is 963. The third kappa shape index (κ3) is 5.37. The van der Waals surface area contributed by atoms with Gasteiger partial charge in [-0.1, -0.05) is 35.0 Å². The van der Waals surface area contributed by atoms with Crippen molar-refractivity contribution in [3.05, 3.63) is 34.1 Å². The Balaban J connectivity index is 1.56. The lowest BCUT2D eigenvalue weighted by molar-refractivity contribution is -0.113. The Morgan fingerprint density at radius 2 is 2.15 bits per heavy atom.